The smallest absolute Gasteiger partial charge is 0.321 e. The molecule has 0 aliphatic carbocycles. The van der Waals surface area contributed by atoms with E-state index in [-0.39, 0.29) is 10.8 Å². The number of halogens is 1. The van der Waals surface area contributed by atoms with Gasteiger partial charge in [0, 0.05) is 30.5 Å². The lowest BCUT2D eigenvalue weighted by atomic mass is 9.98. The summed E-state index contributed by atoms with van der Waals surface area (Å²) < 4.78 is 42.7. The molecule has 16 nitrogen and oxygen atoms in total. The topological polar surface area (TPSA) is 300 Å². The number of hydrogen-bond acceptors (Lipinski definition) is 10. The van der Waals surface area contributed by atoms with E-state index >= 15 is 0 Å². The van der Waals surface area contributed by atoms with E-state index in [1.165, 1.54) is 50.2 Å². The van der Waals surface area contributed by atoms with Gasteiger partial charge in [0.1, 0.15) is 6.04 Å². The largest absolute Gasteiger partial charge is 0.481 e. The number of aliphatic carboxylic acids is 4. The van der Waals surface area contributed by atoms with Crippen molar-refractivity contribution in [2.45, 2.75) is 60.1 Å². The minimum absolute atomic E-state index is 0.169. The van der Waals surface area contributed by atoms with Gasteiger partial charge in [-0.1, -0.05) is 11.6 Å². The summed E-state index contributed by atoms with van der Waals surface area (Å²) in [5.41, 5.74) is 5.59. The van der Waals surface area contributed by atoms with E-state index in [0.29, 0.717) is 15.6 Å². The molecule has 252 valence electrons. The van der Waals surface area contributed by atoms with Crippen molar-refractivity contribution in [1.29, 1.82) is 5.26 Å². The summed E-state index contributed by atoms with van der Waals surface area (Å²) in [6, 6.07) is 11.5. The van der Waals surface area contributed by atoms with Gasteiger partial charge in [-0.2, -0.15) is 5.26 Å². The third kappa shape index (κ3) is 13.7. The summed E-state index contributed by atoms with van der Waals surface area (Å²) in [5, 5.41) is 46.3. The number of nitrogens with one attached hydrogen (secondary N) is 1. The third-order valence-corrected chi connectivity index (χ3v) is 9.27. The molecule has 8 N–H and O–H groups in total. The summed E-state index contributed by atoms with van der Waals surface area (Å²) in [7, 11) is -4.27. The number of amides is 1. The molecule has 2 aromatic carbocycles. The molecule has 0 aliphatic rings. The van der Waals surface area contributed by atoms with Crippen LogP contribution in [0.2, 0.25) is 5.02 Å². The first kappa shape index (κ1) is 41.6. The molecule has 3 unspecified atom stereocenters. The average molecular weight is 706 g/mol. The van der Waals surface area contributed by atoms with Crippen LogP contribution in [-0.4, -0.2) is 78.2 Å². The highest BCUT2D eigenvalue weighted by molar-refractivity contribution is 7.93. The number of carbonyl (C=O) groups excluding carboxylic acids is 1. The summed E-state index contributed by atoms with van der Waals surface area (Å²) >= 11 is 3.74. The van der Waals surface area contributed by atoms with Crippen molar-refractivity contribution in [2.24, 2.45) is 11.7 Å². The van der Waals surface area contributed by atoms with E-state index in [9.17, 15) is 41.9 Å². The summed E-state index contributed by atoms with van der Waals surface area (Å²) in [6.45, 7) is 2.65. The summed E-state index contributed by atoms with van der Waals surface area (Å²) in [6.07, 6.45) is -2.14. The fourth-order valence-electron chi connectivity index (χ4n) is 3.25. The summed E-state index contributed by atoms with van der Waals surface area (Å²) in [5.74, 6) is -6.25. The van der Waals surface area contributed by atoms with Crippen molar-refractivity contribution in [3.63, 3.8) is 0 Å². The first-order valence-corrected chi connectivity index (χ1v) is 15.7. The fourth-order valence-corrected chi connectivity index (χ4v) is 5.55. The number of benzene rings is 2. The van der Waals surface area contributed by atoms with Gasteiger partial charge < -0.3 is 36.0 Å². The molecule has 2 rings (SSSR count). The van der Waals surface area contributed by atoms with Crippen LogP contribution in [0.5, 0.6) is 0 Å². The number of sulfone groups is 1. The Morgan fingerprint density at radius 2 is 1.39 bits per heavy atom. The zero-order chi connectivity index (χ0) is 35.8. The van der Waals surface area contributed by atoms with Crippen LogP contribution in [0.15, 0.2) is 58.3 Å². The van der Waals surface area contributed by atoms with Crippen LogP contribution in [0, 0.1) is 17.2 Å². The third-order valence-electron chi connectivity index (χ3n) is 5.92. The standard InChI is InChI=1S/C14H14ClNO6S.C8H9NO3S.C5H9NO4/c15-10-1-3-11(4-2-10)23(21,22)14(9-16,7-5-12(17)18)8-6-13(19)20;1-6(10)9-7-2-4-8(5-3-7)13(11)12;1-2(4(7)8)3(6)5(9)10/h1-4H,5-8H2,(H,17,18)(H,19,20);2-5H,1H3,(H,9,10)(H,11,12);2-3H,6H2,1H3,(H,7,8)(H,9,10). The summed E-state index contributed by atoms with van der Waals surface area (Å²) in [4.78, 5) is 52.4. The second-order valence-electron chi connectivity index (χ2n) is 9.30. The van der Waals surface area contributed by atoms with E-state index < -0.39 is 87.2 Å². The van der Waals surface area contributed by atoms with Gasteiger partial charge in [-0.25, -0.2) is 12.6 Å². The van der Waals surface area contributed by atoms with Crippen molar-refractivity contribution in [2.75, 3.05) is 5.32 Å². The second-order valence-corrected chi connectivity index (χ2v) is 13.0. The molecule has 1 amide bonds. The zero-order valence-corrected chi connectivity index (χ0v) is 26.7. The molecule has 0 saturated carbocycles. The lowest BCUT2D eigenvalue weighted by molar-refractivity contribution is -0.149. The van der Waals surface area contributed by atoms with Crippen molar-refractivity contribution < 1.29 is 61.6 Å². The number of hydrogen-bond donors (Lipinski definition) is 7. The quantitative estimate of drug-likeness (QED) is 0.147. The van der Waals surface area contributed by atoms with Crippen molar-refractivity contribution >= 4 is 68.0 Å². The highest BCUT2D eigenvalue weighted by Crippen LogP contribution is 2.34. The Hall–Kier alpha value is -4.41. The Morgan fingerprint density at radius 3 is 1.70 bits per heavy atom. The molecule has 19 heteroatoms. The first-order chi connectivity index (χ1) is 21.2. The first-order valence-electron chi connectivity index (χ1n) is 12.8. The van der Waals surface area contributed by atoms with Gasteiger partial charge >= 0.3 is 23.9 Å². The van der Waals surface area contributed by atoms with E-state index in [2.05, 4.69) is 5.32 Å². The van der Waals surface area contributed by atoms with Crippen LogP contribution in [0.25, 0.3) is 0 Å². The van der Waals surface area contributed by atoms with Gasteiger partial charge in [-0.15, -0.1) is 0 Å². The van der Waals surface area contributed by atoms with E-state index in [0.717, 1.165) is 0 Å². The van der Waals surface area contributed by atoms with Crippen LogP contribution >= 0.6 is 11.6 Å². The average Bonchev–Trinajstić information content (AvgIpc) is 2.97. The Balaban J connectivity index is 0.000000740. The van der Waals surface area contributed by atoms with E-state index in [4.69, 9.17) is 42.3 Å². The lowest BCUT2D eigenvalue weighted by Gasteiger charge is -2.25. The van der Waals surface area contributed by atoms with Crippen LogP contribution in [0.3, 0.4) is 0 Å². The lowest BCUT2D eigenvalue weighted by Crippen LogP contribution is -2.40. The zero-order valence-electron chi connectivity index (χ0n) is 24.3. The Kier molecular flexibility index (Phi) is 17.3. The minimum atomic E-state index is -4.27. The van der Waals surface area contributed by atoms with Crippen LogP contribution in [-0.2, 0) is 44.9 Å². The van der Waals surface area contributed by atoms with E-state index in [1.54, 1.807) is 18.2 Å². The maximum Gasteiger partial charge on any atom is 0.321 e. The molecule has 0 radical (unpaired) electrons. The normalized spacial score (nSPS) is 12.7. The van der Waals surface area contributed by atoms with Gasteiger partial charge in [0.05, 0.1) is 21.8 Å². The molecule has 3 atom stereocenters. The minimum Gasteiger partial charge on any atom is -0.481 e. The molecule has 0 bridgehead atoms. The molecule has 0 aliphatic heterocycles. The molecule has 46 heavy (non-hydrogen) atoms. The van der Waals surface area contributed by atoms with Crippen LogP contribution in [0.1, 0.15) is 39.5 Å². The predicted molar refractivity (Wildman–Crippen MR) is 163 cm³/mol. The number of carbonyl (C=O) groups is 5. The fraction of sp³-hybridized carbons (Fsp3) is 0.333. The van der Waals surface area contributed by atoms with Crippen molar-refractivity contribution in [3.05, 3.63) is 53.6 Å². The van der Waals surface area contributed by atoms with Gasteiger partial charge in [0.2, 0.25) is 5.91 Å². The number of nitriles is 1. The maximum absolute atomic E-state index is 12.8. The van der Waals surface area contributed by atoms with Crippen LogP contribution < -0.4 is 11.1 Å². The van der Waals surface area contributed by atoms with Gasteiger partial charge in [0.15, 0.2) is 25.7 Å². The van der Waals surface area contributed by atoms with Crippen molar-refractivity contribution in [1.82, 2.24) is 0 Å². The molecule has 0 heterocycles. The van der Waals surface area contributed by atoms with E-state index in [1.807, 2.05) is 0 Å². The highest BCUT2D eigenvalue weighted by Gasteiger charge is 2.45. The SMILES string of the molecule is CC(=O)Nc1ccc(S(=O)O)cc1.CC(C(=O)O)C(N)C(=O)O.N#CC(CCC(=O)O)(CCC(=O)O)S(=O)(=O)c1ccc(Cl)cc1. The maximum atomic E-state index is 12.8. The number of nitrogens with two attached hydrogens (primary N) is 1. The monoisotopic (exact) mass is 705 g/mol. The molecule has 0 aromatic heterocycles. The molecular formula is C27H32ClN3O13S2. The van der Waals surface area contributed by atoms with Crippen molar-refractivity contribution in [3.8, 4) is 6.07 Å². The molecular weight excluding hydrogens is 674 g/mol. The molecule has 0 saturated heterocycles. The van der Waals surface area contributed by atoms with Gasteiger partial charge in [-0.3, -0.25) is 24.0 Å². The second kappa shape index (κ2) is 19.2. The molecule has 2 aromatic rings. The number of nitrogens with zero attached hydrogens (tertiary/aromatic N) is 1. The van der Waals surface area contributed by atoms with Crippen LogP contribution in [0.4, 0.5) is 5.69 Å². The number of carboxylic acids is 4. The Morgan fingerprint density at radius 1 is 0.935 bits per heavy atom. The Labute approximate surface area is 271 Å². The molecule has 0 fully saturated rings. The Bertz CT molecular complexity index is 1520. The van der Waals surface area contributed by atoms with Gasteiger partial charge in [-0.05, 0) is 68.3 Å². The predicted octanol–water partition coefficient (Wildman–Crippen LogP) is 2.45. The number of anilines is 1. The number of rotatable bonds is 13. The molecule has 0 spiro atoms. The highest BCUT2D eigenvalue weighted by atomic mass is 35.5. The van der Waals surface area contributed by atoms with Gasteiger partial charge in [0.25, 0.3) is 0 Å². The number of carboxylic acid groups (broad SMARTS) is 4.